The summed E-state index contributed by atoms with van der Waals surface area (Å²) in [7, 11) is 0. The first-order valence-corrected chi connectivity index (χ1v) is 8.23. The lowest BCUT2D eigenvalue weighted by molar-refractivity contribution is -0.0504. The standard InChI is InChI=1S/C17H19F2N3O2/c18-16(19)23-13-6-2-1-5-10(13)11-9-12(11)14-21-15(22-24-14)17(20)7-3-4-8-17/h1-2,5-6,11-12,16H,3-4,7-9,20H2. The number of benzene rings is 1. The maximum absolute atomic E-state index is 12.5. The van der Waals surface area contributed by atoms with Gasteiger partial charge in [0.2, 0.25) is 5.89 Å². The number of halogens is 2. The molecule has 1 aromatic heterocycles. The first-order valence-electron chi connectivity index (χ1n) is 8.23. The van der Waals surface area contributed by atoms with Crippen LogP contribution in [-0.4, -0.2) is 16.8 Å². The molecule has 0 saturated heterocycles. The topological polar surface area (TPSA) is 74.2 Å². The zero-order chi connectivity index (χ0) is 16.7. The number of nitrogens with zero attached hydrogens (tertiary/aromatic N) is 2. The van der Waals surface area contributed by atoms with E-state index in [1.807, 2.05) is 6.07 Å². The Labute approximate surface area is 138 Å². The van der Waals surface area contributed by atoms with Gasteiger partial charge in [0.15, 0.2) is 5.82 Å². The Kier molecular flexibility index (Phi) is 3.75. The maximum atomic E-state index is 12.5. The summed E-state index contributed by atoms with van der Waals surface area (Å²) < 4.78 is 35.1. The highest BCUT2D eigenvalue weighted by atomic mass is 19.3. The van der Waals surface area contributed by atoms with Gasteiger partial charge in [-0.05, 0) is 36.8 Å². The molecule has 0 amide bonds. The van der Waals surface area contributed by atoms with Crippen molar-refractivity contribution in [2.75, 3.05) is 0 Å². The quantitative estimate of drug-likeness (QED) is 0.902. The molecule has 1 heterocycles. The number of alkyl halides is 2. The van der Waals surface area contributed by atoms with E-state index in [4.69, 9.17) is 10.3 Å². The Bertz CT molecular complexity index is 728. The van der Waals surface area contributed by atoms with Gasteiger partial charge in [-0.1, -0.05) is 36.2 Å². The molecule has 0 aliphatic heterocycles. The fourth-order valence-electron chi connectivity index (χ4n) is 3.62. The van der Waals surface area contributed by atoms with Crippen molar-refractivity contribution in [1.82, 2.24) is 10.1 Å². The highest BCUT2D eigenvalue weighted by molar-refractivity contribution is 5.42. The van der Waals surface area contributed by atoms with Gasteiger partial charge in [0, 0.05) is 5.92 Å². The molecule has 0 spiro atoms. The van der Waals surface area contributed by atoms with Gasteiger partial charge in [0.1, 0.15) is 5.75 Å². The zero-order valence-electron chi connectivity index (χ0n) is 13.1. The molecule has 2 fully saturated rings. The second-order valence-corrected chi connectivity index (χ2v) is 6.68. The van der Waals surface area contributed by atoms with E-state index in [2.05, 4.69) is 14.9 Å². The van der Waals surface area contributed by atoms with E-state index in [1.165, 1.54) is 0 Å². The maximum Gasteiger partial charge on any atom is 0.387 e. The number of rotatable bonds is 5. The molecule has 7 heteroatoms. The van der Waals surface area contributed by atoms with Crippen LogP contribution in [0.15, 0.2) is 28.8 Å². The predicted octanol–water partition coefficient (Wildman–Crippen LogP) is 3.67. The molecule has 5 nitrogen and oxygen atoms in total. The van der Waals surface area contributed by atoms with Crippen LogP contribution in [0.2, 0.25) is 0 Å². The molecule has 0 bridgehead atoms. The van der Waals surface area contributed by atoms with Crippen LogP contribution in [0.3, 0.4) is 0 Å². The lowest BCUT2D eigenvalue weighted by Crippen LogP contribution is -2.34. The van der Waals surface area contributed by atoms with E-state index < -0.39 is 12.2 Å². The minimum Gasteiger partial charge on any atom is -0.435 e. The molecule has 128 valence electrons. The summed E-state index contributed by atoms with van der Waals surface area (Å²) in [5.41, 5.74) is 6.62. The number of hydrogen-bond acceptors (Lipinski definition) is 5. The van der Waals surface area contributed by atoms with Crippen LogP contribution < -0.4 is 10.5 Å². The molecule has 2 N–H and O–H groups in total. The molecule has 2 saturated carbocycles. The summed E-state index contributed by atoms with van der Waals surface area (Å²) in [6, 6.07) is 6.86. The number of hydrogen-bond donors (Lipinski definition) is 1. The first kappa shape index (κ1) is 15.5. The van der Waals surface area contributed by atoms with E-state index in [0.29, 0.717) is 11.7 Å². The molecular formula is C17H19F2N3O2. The Morgan fingerprint density at radius 1 is 1.21 bits per heavy atom. The van der Waals surface area contributed by atoms with Crippen LogP contribution in [0.25, 0.3) is 0 Å². The highest BCUT2D eigenvalue weighted by Gasteiger charge is 2.46. The third-order valence-electron chi connectivity index (χ3n) is 5.03. The van der Waals surface area contributed by atoms with E-state index >= 15 is 0 Å². The number of ether oxygens (including phenoxy) is 1. The van der Waals surface area contributed by atoms with Crippen molar-refractivity contribution in [2.45, 2.75) is 56.1 Å². The van der Waals surface area contributed by atoms with Gasteiger partial charge in [0.05, 0.1) is 5.54 Å². The smallest absolute Gasteiger partial charge is 0.387 e. The van der Waals surface area contributed by atoms with Crippen LogP contribution in [0.5, 0.6) is 5.75 Å². The van der Waals surface area contributed by atoms with E-state index in [0.717, 1.165) is 37.7 Å². The van der Waals surface area contributed by atoms with Crippen molar-refractivity contribution in [1.29, 1.82) is 0 Å². The van der Waals surface area contributed by atoms with Crippen molar-refractivity contribution >= 4 is 0 Å². The SMILES string of the molecule is NC1(c2noc(C3CC3c3ccccc3OC(F)F)n2)CCCC1. The first-order chi connectivity index (χ1) is 11.6. The lowest BCUT2D eigenvalue weighted by Gasteiger charge is -2.17. The van der Waals surface area contributed by atoms with E-state index in [9.17, 15) is 8.78 Å². The largest absolute Gasteiger partial charge is 0.435 e. The Morgan fingerprint density at radius 2 is 1.96 bits per heavy atom. The average Bonchev–Trinajstić information content (AvgIpc) is 2.96. The van der Waals surface area contributed by atoms with Crippen molar-refractivity contribution in [3.05, 3.63) is 41.5 Å². The molecule has 2 aliphatic carbocycles. The molecule has 4 rings (SSSR count). The Balaban J connectivity index is 1.52. The second kappa shape index (κ2) is 5.81. The van der Waals surface area contributed by atoms with Crippen LogP contribution >= 0.6 is 0 Å². The van der Waals surface area contributed by atoms with Gasteiger partial charge in [-0.2, -0.15) is 13.8 Å². The molecular weight excluding hydrogens is 316 g/mol. The number of para-hydroxylation sites is 1. The molecule has 24 heavy (non-hydrogen) atoms. The van der Waals surface area contributed by atoms with Crippen LogP contribution in [-0.2, 0) is 5.54 Å². The summed E-state index contributed by atoms with van der Waals surface area (Å²) >= 11 is 0. The average molecular weight is 335 g/mol. The predicted molar refractivity (Wildman–Crippen MR) is 81.8 cm³/mol. The fourth-order valence-corrected chi connectivity index (χ4v) is 3.62. The van der Waals surface area contributed by atoms with E-state index in [-0.39, 0.29) is 17.6 Å². The molecule has 2 unspecified atom stereocenters. The third-order valence-corrected chi connectivity index (χ3v) is 5.03. The summed E-state index contributed by atoms with van der Waals surface area (Å²) in [6.45, 7) is -2.84. The minimum absolute atomic E-state index is 0.0404. The van der Waals surface area contributed by atoms with E-state index in [1.54, 1.807) is 18.2 Å². The van der Waals surface area contributed by atoms with Crippen LogP contribution in [0, 0.1) is 0 Å². The summed E-state index contributed by atoms with van der Waals surface area (Å²) in [6.07, 6.45) is 4.66. The summed E-state index contributed by atoms with van der Waals surface area (Å²) in [5.74, 6) is 1.42. The van der Waals surface area contributed by atoms with Crippen molar-refractivity contribution in [3.8, 4) is 5.75 Å². The summed E-state index contributed by atoms with van der Waals surface area (Å²) in [5, 5.41) is 4.07. The van der Waals surface area contributed by atoms with Gasteiger partial charge in [-0.15, -0.1) is 0 Å². The lowest BCUT2D eigenvalue weighted by atomic mass is 9.99. The Morgan fingerprint density at radius 3 is 2.71 bits per heavy atom. The van der Waals surface area contributed by atoms with Gasteiger partial charge in [0.25, 0.3) is 0 Å². The Hall–Kier alpha value is -2.02. The third kappa shape index (κ3) is 2.77. The van der Waals surface area contributed by atoms with Gasteiger partial charge >= 0.3 is 6.61 Å². The molecule has 2 atom stereocenters. The van der Waals surface area contributed by atoms with Crippen molar-refractivity contribution < 1.29 is 18.0 Å². The minimum atomic E-state index is -2.84. The fraction of sp³-hybridized carbons (Fsp3) is 0.529. The van der Waals surface area contributed by atoms with Gasteiger partial charge in [-0.3, -0.25) is 0 Å². The van der Waals surface area contributed by atoms with Gasteiger partial charge in [-0.25, -0.2) is 0 Å². The molecule has 1 aromatic carbocycles. The second-order valence-electron chi connectivity index (χ2n) is 6.68. The van der Waals surface area contributed by atoms with Crippen molar-refractivity contribution in [3.63, 3.8) is 0 Å². The highest BCUT2D eigenvalue weighted by Crippen LogP contribution is 2.56. The molecule has 2 aliphatic rings. The van der Waals surface area contributed by atoms with Gasteiger partial charge < -0.3 is 15.0 Å². The van der Waals surface area contributed by atoms with Crippen LogP contribution in [0.1, 0.15) is 61.2 Å². The molecule has 0 radical (unpaired) electrons. The summed E-state index contributed by atoms with van der Waals surface area (Å²) in [4.78, 5) is 4.50. The number of nitrogens with two attached hydrogens (primary N) is 1. The van der Waals surface area contributed by atoms with Crippen molar-refractivity contribution in [2.24, 2.45) is 5.73 Å². The number of aromatic nitrogens is 2. The van der Waals surface area contributed by atoms with Crippen LogP contribution in [0.4, 0.5) is 8.78 Å². The normalized spacial score (nSPS) is 25.2. The zero-order valence-corrected chi connectivity index (χ0v) is 13.1. The monoisotopic (exact) mass is 335 g/mol. The molecule has 2 aromatic rings.